The van der Waals surface area contributed by atoms with Crippen LogP contribution in [0.25, 0.3) is 0 Å². The Kier molecular flexibility index (Phi) is 6.99. The molecule has 1 aromatic carbocycles. The summed E-state index contributed by atoms with van der Waals surface area (Å²) in [5.41, 5.74) is 7.38. The van der Waals surface area contributed by atoms with E-state index < -0.39 is 0 Å². The van der Waals surface area contributed by atoms with Gasteiger partial charge in [0.1, 0.15) is 0 Å². The van der Waals surface area contributed by atoms with Crippen molar-refractivity contribution in [1.82, 2.24) is 5.32 Å². The van der Waals surface area contributed by atoms with E-state index in [0.717, 1.165) is 19.4 Å². The summed E-state index contributed by atoms with van der Waals surface area (Å²) in [5.74, 6) is 0. The maximum absolute atomic E-state index is 6.27. The fourth-order valence-electron chi connectivity index (χ4n) is 2.06. The van der Waals surface area contributed by atoms with Crippen LogP contribution in [0.4, 0.5) is 0 Å². The summed E-state index contributed by atoms with van der Waals surface area (Å²) < 4.78 is 0. The van der Waals surface area contributed by atoms with Crippen LogP contribution in [0.3, 0.4) is 0 Å². The van der Waals surface area contributed by atoms with Crippen molar-refractivity contribution in [3.05, 3.63) is 35.9 Å². The number of unbranched alkanes of at least 4 members (excludes halogenated alkanes) is 3. The van der Waals surface area contributed by atoms with Gasteiger partial charge >= 0.3 is 0 Å². The van der Waals surface area contributed by atoms with Crippen molar-refractivity contribution in [1.29, 1.82) is 0 Å². The third-order valence-corrected chi connectivity index (χ3v) is 3.34. The minimum absolute atomic E-state index is 0.248. The molecule has 102 valence electrons. The van der Waals surface area contributed by atoms with Crippen LogP contribution in [0, 0.1) is 0 Å². The highest BCUT2D eigenvalue weighted by molar-refractivity contribution is 5.15. The molecule has 0 bridgehead atoms. The van der Waals surface area contributed by atoms with Crippen LogP contribution in [-0.4, -0.2) is 12.2 Å². The zero-order valence-corrected chi connectivity index (χ0v) is 11.9. The Hall–Kier alpha value is -0.860. The molecule has 3 N–H and O–H groups in total. The van der Waals surface area contributed by atoms with Crippen LogP contribution in [0.2, 0.25) is 0 Å². The van der Waals surface area contributed by atoms with Gasteiger partial charge in [-0.2, -0.15) is 0 Å². The smallest absolute Gasteiger partial charge is 0.0636 e. The van der Waals surface area contributed by atoms with Gasteiger partial charge < -0.3 is 5.73 Å². The van der Waals surface area contributed by atoms with E-state index in [2.05, 4.69) is 49.5 Å². The highest BCUT2D eigenvalue weighted by atomic mass is 15.1. The largest absolute Gasteiger partial charge is 0.314 e. The van der Waals surface area contributed by atoms with Gasteiger partial charge in [-0.05, 0) is 38.3 Å². The standard InChI is InChI=1S/C16H28N2/c1-3-4-5-9-14-18-16(2,17)13-12-15-10-7-6-8-11-15/h6-8,10-11,18H,3-5,9,12-14,17H2,1-2H3. The number of aryl methyl sites for hydroxylation is 1. The molecule has 0 aliphatic heterocycles. The van der Waals surface area contributed by atoms with Gasteiger partial charge in [0.05, 0.1) is 5.66 Å². The fraction of sp³-hybridized carbons (Fsp3) is 0.625. The molecule has 18 heavy (non-hydrogen) atoms. The average molecular weight is 248 g/mol. The molecule has 2 heteroatoms. The number of hydrogen-bond donors (Lipinski definition) is 2. The monoisotopic (exact) mass is 248 g/mol. The van der Waals surface area contributed by atoms with E-state index in [1.165, 1.54) is 31.2 Å². The van der Waals surface area contributed by atoms with Gasteiger partial charge in [0.15, 0.2) is 0 Å². The van der Waals surface area contributed by atoms with Gasteiger partial charge in [-0.15, -0.1) is 0 Å². The van der Waals surface area contributed by atoms with E-state index in [0.29, 0.717) is 0 Å². The van der Waals surface area contributed by atoms with Crippen molar-refractivity contribution >= 4 is 0 Å². The molecule has 0 fully saturated rings. The molecule has 0 saturated carbocycles. The van der Waals surface area contributed by atoms with E-state index in [9.17, 15) is 0 Å². The third kappa shape index (κ3) is 6.77. The second-order valence-corrected chi connectivity index (χ2v) is 5.39. The summed E-state index contributed by atoms with van der Waals surface area (Å²) in [6.07, 6.45) is 7.16. The Balaban J connectivity index is 2.19. The van der Waals surface area contributed by atoms with E-state index in [-0.39, 0.29) is 5.66 Å². The lowest BCUT2D eigenvalue weighted by Crippen LogP contribution is -2.51. The van der Waals surface area contributed by atoms with Gasteiger partial charge in [-0.1, -0.05) is 56.5 Å². The van der Waals surface area contributed by atoms with Crippen molar-refractivity contribution in [3.8, 4) is 0 Å². The van der Waals surface area contributed by atoms with Crippen molar-refractivity contribution in [3.63, 3.8) is 0 Å². The van der Waals surface area contributed by atoms with Crippen LogP contribution in [0.1, 0.15) is 51.5 Å². The molecule has 2 nitrogen and oxygen atoms in total. The van der Waals surface area contributed by atoms with Gasteiger partial charge in [0, 0.05) is 0 Å². The van der Waals surface area contributed by atoms with E-state index in [1.54, 1.807) is 0 Å². The first kappa shape index (κ1) is 15.2. The number of rotatable bonds is 9. The maximum Gasteiger partial charge on any atom is 0.0636 e. The van der Waals surface area contributed by atoms with E-state index in [1.807, 2.05) is 0 Å². The Bertz CT molecular complexity index is 306. The topological polar surface area (TPSA) is 38.0 Å². The SMILES string of the molecule is CCCCCCNC(C)(N)CCc1ccccc1. The lowest BCUT2D eigenvalue weighted by atomic mass is 10.0. The second kappa shape index (κ2) is 8.28. The summed E-state index contributed by atoms with van der Waals surface area (Å²) in [4.78, 5) is 0. The van der Waals surface area contributed by atoms with Crippen molar-refractivity contribution in [2.45, 2.75) is 58.0 Å². The normalized spacial score (nSPS) is 14.4. The first-order valence-electron chi connectivity index (χ1n) is 7.22. The molecule has 0 aliphatic rings. The summed E-state index contributed by atoms with van der Waals surface area (Å²) >= 11 is 0. The molecule has 0 spiro atoms. The summed E-state index contributed by atoms with van der Waals surface area (Å²) in [5, 5.41) is 3.47. The van der Waals surface area contributed by atoms with Gasteiger partial charge in [0.2, 0.25) is 0 Å². The Labute approximate surface area is 112 Å². The average Bonchev–Trinajstić information content (AvgIpc) is 2.38. The van der Waals surface area contributed by atoms with Crippen LogP contribution in [0.15, 0.2) is 30.3 Å². The molecule has 0 aromatic heterocycles. The minimum Gasteiger partial charge on any atom is -0.314 e. The molecule has 1 rings (SSSR count). The first-order chi connectivity index (χ1) is 8.64. The zero-order valence-electron chi connectivity index (χ0n) is 11.9. The molecule has 1 aromatic rings. The van der Waals surface area contributed by atoms with Crippen molar-refractivity contribution in [2.75, 3.05) is 6.54 Å². The highest BCUT2D eigenvalue weighted by Crippen LogP contribution is 2.09. The molecule has 1 atom stereocenters. The maximum atomic E-state index is 6.27. The van der Waals surface area contributed by atoms with Crippen LogP contribution in [0.5, 0.6) is 0 Å². The molecule has 1 unspecified atom stereocenters. The molecule has 0 radical (unpaired) electrons. The van der Waals surface area contributed by atoms with Crippen LogP contribution < -0.4 is 11.1 Å². The molecule has 0 aliphatic carbocycles. The Morgan fingerprint density at radius 1 is 1.11 bits per heavy atom. The first-order valence-corrected chi connectivity index (χ1v) is 7.22. The lowest BCUT2D eigenvalue weighted by Gasteiger charge is -2.26. The molecule has 0 heterocycles. The zero-order chi connectivity index (χ0) is 13.3. The van der Waals surface area contributed by atoms with Crippen molar-refractivity contribution in [2.24, 2.45) is 5.73 Å². The van der Waals surface area contributed by atoms with Crippen LogP contribution in [-0.2, 0) is 6.42 Å². The summed E-state index contributed by atoms with van der Waals surface area (Å²) in [6, 6.07) is 10.6. The fourth-order valence-corrected chi connectivity index (χ4v) is 2.06. The predicted molar refractivity (Wildman–Crippen MR) is 79.5 cm³/mol. The second-order valence-electron chi connectivity index (χ2n) is 5.39. The number of hydrogen-bond acceptors (Lipinski definition) is 2. The molecular weight excluding hydrogens is 220 g/mol. The minimum atomic E-state index is -0.248. The number of nitrogens with one attached hydrogen (secondary N) is 1. The van der Waals surface area contributed by atoms with Crippen molar-refractivity contribution < 1.29 is 0 Å². The summed E-state index contributed by atoms with van der Waals surface area (Å²) in [6.45, 7) is 5.36. The lowest BCUT2D eigenvalue weighted by molar-refractivity contribution is 0.338. The molecule has 0 saturated heterocycles. The van der Waals surface area contributed by atoms with Gasteiger partial charge in [-0.3, -0.25) is 5.32 Å². The molecular formula is C16H28N2. The number of nitrogens with two attached hydrogens (primary N) is 1. The molecule has 0 amide bonds. The summed E-state index contributed by atoms with van der Waals surface area (Å²) in [7, 11) is 0. The van der Waals surface area contributed by atoms with E-state index in [4.69, 9.17) is 5.73 Å². The number of benzene rings is 1. The highest BCUT2D eigenvalue weighted by Gasteiger charge is 2.16. The Morgan fingerprint density at radius 3 is 2.50 bits per heavy atom. The van der Waals surface area contributed by atoms with Gasteiger partial charge in [-0.25, -0.2) is 0 Å². The van der Waals surface area contributed by atoms with Gasteiger partial charge in [0.25, 0.3) is 0 Å². The quantitative estimate of drug-likeness (QED) is 0.519. The van der Waals surface area contributed by atoms with E-state index >= 15 is 0 Å². The predicted octanol–water partition coefficient (Wildman–Crippen LogP) is 3.46. The van der Waals surface area contributed by atoms with Crippen LogP contribution >= 0.6 is 0 Å². The Morgan fingerprint density at radius 2 is 1.83 bits per heavy atom. The third-order valence-electron chi connectivity index (χ3n) is 3.34.